The molecule has 0 N–H and O–H groups in total. The fraction of sp³-hybridized carbons (Fsp3) is 0.778. The molecule has 0 aliphatic carbocycles. The summed E-state index contributed by atoms with van der Waals surface area (Å²) in [6.45, 7) is 3.76. The van der Waals surface area contributed by atoms with Gasteiger partial charge in [-0.3, -0.25) is 0 Å². The molecule has 1 aliphatic rings. The van der Waals surface area contributed by atoms with Gasteiger partial charge in [-0.15, -0.1) is 5.10 Å². The zero-order valence-electron chi connectivity index (χ0n) is 8.19. The summed E-state index contributed by atoms with van der Waals surface area (Å²) in [7, 11) is 0. The number of halogens is 1. The number of alkyl halides is 1. The van der Waals surface area contributed by atoms with E-state index in [1.165, 1.54) is 6.42 Å². The zero-order chi connectivity index (χ0) is 9.97. The van der Waals surface area contributed by atoms with E-state index in [2.05, 4.69) is 26.2 Å². The number of aromatic nitrogens is 3. The van der Waals surface area contributed by atoms with E-state index in [4.69, 9.17) is 4.74 Å². The number of rotatable bonds is 3. The molecule has 1 aromatic heterocycles. The Morgan fingerprint density at radius 1 is 1.79 bits per heavy atom. The minimum atomic E-state index is 0.265. The van der Waals surface area contributed by atoms with E-state index in [0.717, 1.165) is 25.3 Å². The van der Waals surface area contributed by atoms with E-state index in [9.17, 15) is 0 Å². The van der Waals surface area contributed by atoms with Crippen molar-refractivity contribution in [1.29, 1.82) is 0 Å². The van der Waals surface area contributed by atoms with Crippen molar-refractivity contribution in [2.24, 2.45) is 0 Å². The van der Waals surface area contributed by atoms with Gasteiger partial charge in [-0.1, -0.05) is 21.1 Å². The highest BCUT2D eigenvalue weighted by molar-refractivity contribution is 9.09. The SMILES string of the molecule is CC(Br)c1cn(CC2CCCO2)nn1. The summed E-state index contributed by atoms with van der Waals surface area (Å²) >= 11 is 3.46. The molecule has 1 fully saturated rings. The van der Waals surface area contributed by atoms with Crippen LogP contribution in [0.15, 0.2) is 6.20 Å². The number of nitrogens with zero attached hydrogens (tertiary/aromatic N) is 3. The average Bonchev–Trinajstić information content (AvgIpc) is 2.75. The van der Waals surface area contributed by atoms with Crippen molar-refractivity contribution in [2.75, 3.05) is 6.61 Å². The van der Waals surface area contributed by atoms with Gasteiger partial charge in [0.05, 0.1) is 23.2 Å². The van der Waals surface area contributed by atoms with Crippen molar-refractivity contribution < 1.29 is 4.74 Å². The monoisotopic (exact) mass is 259 g/mol. The van der Waals surface area contributed by atoms with Crippen LogP contribution in [0.4, 0.5) is 0 Å². The first-order chi connectivity index (χ1) is 6.75. The third-order valence-electron chi connectivity index (χ3n) is 2.38. The summed E-state index contributed by atoms with van der Waals surface area (Å²) in [4.78, 5) is 0.265. The number of hydrogen-bond donors (Lipinski definition) is 0. The zero-order valence-corrected chi connectivity index (χ0v) is 9.77. The largest absolute Gasteiger partial charge is 0.376 e. The second-order valence-electron chi connectivity index (χ2n) is 3.62. The van der Waals surface area contributed by atoms with Gasteiger partial charge in [0.15, 0.2) is 0 Å². The third-order valence-corrected chi connectivity index (χ3v) is 2.85. The summed E-state index contributed by atoms with van der Waals surface area (Å²) in [6, 6.07) is 0. The molecule has 2 heterocycles. The van der Waals surface area contributed by atoms with Crippen LogP contribution >= 0.6 is 15.9 Å². The molecule has 1 aliphatic heterocycles. The van der Waals surface area contributed by atoms with Gasteiger partial charge in [-0.2, -0.15) is 0 Å². The van der Waals surface area contributed by atoms with E-state index < -0.39 is 0 Å². The van der Waals surface area contributed by atoms with Crippen LogP contribution in [0, 0.1) is 0 Å². The lowest BCUT2D eigenvalue weighted by Crippen LogP contribution is -2.15. The predicted molar refractivity (Wildman–Crippen MR) is 56.3 cm³/mol. The molecule has 0 saturated carbocycles. The highest BCUT2D eigenvalue weighted by atomic mass is 79.9. The standard InChI is InChI=1S/C9H14BrN3O/c1-7(10)9-6-13(12-11-9)5-8-3-2-4-14-8/h6-8H,2-5H2,1H3. The maximum absolute atomic E-state index is 5.53. The van der Waals surface area contributed by atoms with Crippen LogP contribution in [-0.2, 0) is 11.3 Å². The summed E-state index contributed by atoms with van der Waals surface area (Å²) in [5, 5.41) is 8.13. The van der Waals surface area contributed by atoms with E-state index in [1.54, 1.807) is 0 Å². The lowest BCUT2D eigenvalue weighted by atomic mass is 10.2. The highest BCUT2D eigenvalue weighted by Crippen LogP contribution is 2.19. The average molecular weight is 260 g/mol. The molecular weight excluding hydrogens is 246 g/mol. The van der Waals surface area contributed by atoms with Gasteiger partial charge >= 0.3 is 0 Å². The Bertz CT molecular complexity index is 294. The topological polar surface area (TPSA) is 39.9 Å². The smallest absolute Gasteiger partial charge is 0.0960 e. The molecule has 0 bridgehead atoms. The van der Waals surface area contributed by atoms with Crippen LogP contribution in [0.2, 0.25) is 0 Å². The molecule has 1 aromatic rings. The summed E-state index contributed by atoms with van der Waals surface area (Å²) in [5.74, 6) is 0. The number of hydrogen-bond acceptors (Lipinski definition) is 3. The van der Waals surface area contributed by atoms with Gasteiger partial charge in [0.1, 0.15) is 0 Å². The molecule has 2 rings (SSSR count). The highest BCUT2D eigenvalue weighted by Gasteiger charge is 2.17. The maximum Gasteiger partial charge on any atom is 0.0960 e. The van der Waals surface area contributed by atoms with E-state index in [0.29, 0.717) is 6.10 Å². The summed E-state index contributed by atoms with van der Waals surface area (Å²) in [5.41, 5.74) is 0.975. The molecule has 0 amide bonds. The van der Waals surface area contributed by atoms with Crippen molar-refractivity contribution in [3.8, 4) is 0 Å². The van der Waals surface area contributed by atoms with Crippen molar-refractivity contribution in [3.05, 3.63) is 11.9 Å². The quantitative estimate of drug-likeness (QED) is 0.779. The Balaban J connectivity index is 1.95. The first kappa shape index (κ1) is 10.1. The molecule has 4 nitrogen and oxygen atoms in total. The Hall–Kier alpha value is -0.420. The fourth-order valence-electron chi connectivity index (χ4n) is 1.58. The predicted octanol–water partition coefficient (Wildman–Crippen LogP) is 1.91. The van der Waals surface area contributed by atoms with E-state index in [-0.39, 0.29) is 4.83 Å². The van der Waals surface area contributed by atoms with Crippen molar-refractivity contribution >= 4 is 15.9 Å². The molecular formula is C9H14BrN3O. The van der Waals surface area contributed by atoms with Gasteiger partial charge in [-0.05, 0) is 19.8 Å². The Morgan fingerprint density at radius 2 is 2.64 bits per heavy atom. The number of ether oxygens (including phenoxy) is 1. The molecule has 0 radical (unpaired) electrons. The van der Waals surface area contributed by atoms with Crippen LogP contribution in [0.25, 0.3) is 0 Å². The van der Waals surface area contributed by atoms with Crippen LogP contribution in [0.1, 0.15) is 30.3 Å². The van der Waals surface area contributed by atoms with E-state index >= 15 is 0 Å². The molecule has 5 heteroatoms. The second-order valence-corrected chi connectivity index (χ2v) is 4.99. The van der Waals surface area contributed by atoms with Crippen molar-refractivity contribution in [3.63, 3.8) is 0 Å². The Morgan fingerprint density at radius 3 is 3.21 bits per heavy atom. The molecule has 0 aromatic carbocycles. The molecule has 1 saturated heterocycles. The van der Waals surface area contributed by atoms with Crippen LogP contribution in [0.5, 0.6) is 0 Å². The fourth-order valence-corrected chi connectivity index (χ4v) is 1.79. The van der Waals surface area contributed by atoms with Crippen LogP contribution < -0.4 is 0 Å². The van der Waals surface area contributed by atoms with Gasteiger partial charge in [-0.25, -0.2) is 4.68 Å². The first-order valence-corrected chi connectivity index (χ1v) is 5.83. The Labute approximate surface area is 91.8 Å². The van der Waals surface area contributed by atoms with Crippen LogP contribution in [0.3, 0.4) is 0 Å². The minimum absolute atomic E-state index is 0.265. The van der Waals surface area contributed by atoms with Crippen LogP contribution in [-0.4, -0.2) is 27.7 Å². The lowest BCUT2D eigenvalue weighted by molar-refractivity contribution is 0.0935. The molecule has 2 atom stereocenters. The Kier molecular flexibility index (Phi) is 3.18. The molecule has 0 spiro atoms. The summed E-state index contributed by atoms with van der Waals surface area (Å²) in [6.07, 6.45) is 4.61. The van der Waals surface area contributed by atoms with Crippen molar-refractivity contribution in [2.45, 2.75) is 37.2 Å². The maximum atomic E-state index is 5.53. The summed E-state index contributed by atoms with van der Waals surface area (Å²) < 4.78 is 7.39. The van der Waals surface area contributed by atoms with Gasteiger partial charge in [0.25, 0.3) is 0 Å². The lowest BCUT2D eigenvalue weighted by Gasteiger charge is -2.07. The van der Waals surface area contributed by atoms with Gasteiger partial charge < -0.3 is 4.74 Å². The van der Waals surface area contributed by atoms with Gasteiger partial charge in [0, 0.05) is 12.8 Å². The van der Waals surface area contributed by atoms with E-state index in [1.807, 2.05) is 17.8 Å². The van der Waals surface area contributed by atoms with Crippen molar-refractivity contribution in [1.82, 2.24) is 15.0 Å². The third kappa shape index (κ3) is 2.33. The minimum Gasteiger partial charge on any atom is -0.376 e. The second kappa shape index (κ2) is 4.40. The normalized spacial score (nSPS) is 24.0. The molecule has 2 unspecified atom stereocenters. The first-order valence-electron chi connectivity index (χ1n) is 4.91. The molecule has 14 heavy (non-hydrogen) atoms. The van der Waals surface area contributed by atoms with Gasteiger partial charge in [0.2, 0.25) is 0 Å². The molecule has 78 valence electrons.